The van der Waals surface area contributed by atoms with Crippen LogP contribution < -0.4 is 10.4 Å². The predicted octanol–water partition coefficient (Wildman–Crippen LogP) is 0.308. The van der Waals surface area contributed by atoms with Crippen LogP contribution >= 0.6 is 0 Å². The van der Waals surface area contributed by atoms with Gasteiger partial charge in [-0.15, -0.1) is 0 Å². The largest absolute Gasteiger partial charge is 0.550 e. The van der Waals surface area contributed by atoms with Crippen molar-refractivity contribution in [3.8, 4) is 0 Å². The van der Waals surface area contributed by atoms with E-state index in [1.807, 2.05) is 0 Å². The molecule has 1 aromatic rings. The van der Waals surface area contributed by atoms with E-state index < -0.39 is 35.6 Å². The summed E-state index contributed by atoms with van der Waals surface area (Å²) in [5.41, 5.74) is 0.427. The molecule has 0 spiro atoms. The van der Waals surface area contributed by atoms with Gasteiger partial charge in [0, 0.05) is 17.6 Å². The molecule has 1 N–H and O–H groups in total. The Hall–Kier alpha value is -1.95. The van der Waals surface area contributed by atoms with Crippen LogP contribution in [0.3, 0.4) is 0 Å². The number of rotatable bonds is 3. The van der Waals surface area contributed by atoms with Crippen LogP contribution in [0.4, 0.5) is 10.1 Å². The van der Waals surface area contributed by atoms with Crippen LogP contribution in [0.1, 0.15) is 12.8 Å². The standard InChI is InChI=1S/C14H14FNO4/c15-7-1-3-8(4-2-7)16-13(17)11-9-5-6-10(20-9)12(11)14(18)19/h1-4,9-12H,5-6H2,(H,16,17)(H,18,19)/p-1/t9-,10+,11-,12-/m0/s1. The van der Waals surface area contributed by atoms with Gasteiger partial charge in [0.2, 0.25) is 5.91 Å². The molecule has 1 amide bonds. The molecule has 0 unspecified atom stereocenters. The second kappa shape index (κ2) is 4.86. The lowest BCUT2D eigenvalue weighted by atomic mass is 9.78. The molecule has 0 aromatic heterocycles. The molecule has 5 nitrogen and oxygen atoms in total. The second-order valence-corrected chi connectivity index (χ2v) is 5.16. The Morgan fingerprint density at radius 1 is 1.15 bits per heavy atom. The van der Waals surface area contributed by atoms with Crippen molar-refractivity contribution in [1.82, 2.24) is 0 Å². The normalized spacial score (nSPS) is 31.2. The molecule has 2 heterocycles. The maximum atomic E-state index is 12.8. The summed E-state index contributed by atoms with van der Waals surface area (Å²) in [6, 6.07) is 5.30. The van der Waals surface area contributed by atoms with Crippen LogP contribution in [0.2, 0.25) is 0 Å². The molecule has 106 valence electrons. The predicted molar refractivity (Wildman–Crippen MR) is 64.9 cm³/mol. The van der Waals surface area contributed by atoms with Crippen molar-refractivity contribution in [2.45, 2.75) is 25.0 Å². The minimum absolute atomic E-state index is 0.372. The van der Waals surface area contributed by atoms with Gasteiger partial charge in [0.15, 0.2) is 0 Å². The first-order valence-electron chi connectivity index (χ1n) is 6.49. The van der Waals surface area contributed by atoms with Gasteiger partial charge in [-0.1, -0.05) is 0 Å². The van der Waals surface area contributed by atoms with Crippen molar-refractivity contribution in [2.75, 3.05) is 5.32 Å². The Bertz CT molecular complexity index is 545. The lowest BCUT2D eigenvalue weighted by Crippen LogP contribution is -2.46. The van der Waals surface area contributed by atoms with E-state index in [4.69, 9.17) is 4.74 Å². The molecule has 2 fully saturated rings. The quantitative estimate of drug-likeness (QED) is 0.863. The van der Waals surface area contributed by atoms with Crippen LogP contribution in [0.5, 0.6) is 0 Å². The number of hydrogen-bond donors (Lipinski definition) is 1. The van der Waals surface area contributed by atoms with Crippen molar-refractivity contribution >= 4 is 17.6 Å². The third kappa shape index (κ3) is 2.16. The van der Waals surface area contributed by atoms with E-state index in [0.29, 0.717) is 18.5 Å². The minimum Gasteiger partial charge on any atom is -0.550 e. The zero-order valence-electron chi connectivity index (χ0n) is 10.5. The molecule has 2 saturated heterocycles. The fraction of sp³-hybridized carbons (Fsp3) is 0.429. The van der Waals surface area contributed by atoms with Crippen LogP contribution in [0.15, 0.2) is 24.3 Å². The molecule has 4 atom stereocenters. The molecule has 6 heteroatoms. The molecule has 1 aromatic carbocycles. The highest BCUT2D eigenvalue weighted by molar-refractivity contribution is 5.96. The van der Waals surface area contributed by atoms with E-state index in [9.17, 15) is 19.1 Å². The third-order valence-electron chi connectivity index (χ3n) is 3.96. The number of halogens is 1. The molecule has 0 radical (unpaired) electrons. The van der Waals surface area contributed by atoms with Gasteiger partial charge in [-0.3, -0.25) is 4.79 Å². The Morgan fingerprint density at radius 3 is 2.35 bits per heavy atom. The zero-order chi connectivity index (χ0) is 14.3. The zero-order valence-corrected chi connectivity index (χ0v) is 10.5. The number of carboxylic acids is 1. The highest BCUT2D eigenvalue weighted by atomic mass is 19.1. The van der Waals surface area contributed by atoms with Gasteiger partial charge in [0.1, 0.15) is 5.82 Å². The van der Waals surface area contributed by atoms with Crippen molar-refractivity contribution in [3.63, 3.8) is 0 Å². The maximum Gasteiger partial charge on any atom is 0.230 e. The molecule has 0 aliphatic carbocycles. The molecule has 2 aliphatic rings. The number of fused-ring (bicyclic) bond motifs is 2. The number of carbonyl (C=O) groups is 2. The van der Waals surface area contributed by atoms with E-state index in [1.54, 1.807) is 0 Å². The van der Waals surface area contributed by atoms with Gasteiger partial charge in [-0.25, -0.2) is 4.39 Å². The van der Waals surface area contributed by atoms with Gasteiger partial charge < -0.3 is 20.0 Å². The van der Waals surface area contributed by atoms with Crippen molar-refractivity contribution in [3.05, 3.63) is 30.1 Å². The molecule has 2 bridgehead atoms. The summed E-state index contributed by atoms with van der Waals surface area (Å²) >= 11 is 0. The van der Waals surface area contributed by atoms with E-state index in [0.717, 1.165) is 0 Å². The van der Waals surface area contributed by atoms with Gasteiger partial charge >= 0.3 is 0 Å². The van der Waals surface area contributed by atoms with Crippen molar-refractivity contribution in [2.24, 2.45) is 11.8 Å². The number of aliphatic carboxylic acids is 1. The fourth-order valence-electron chi connectivity index (χ4n) is 3.07. The topological polar surface area (TPSA) is 78.5 Å². The maximum absolute atomic E-state index is 12.8. The summed E-state index contributed by atoms with van der Waals surface area (Å²) < 4.78 is 18.3. The monoisotopic (exact) mass is 278 g/mol. The van der Waals surface area contributed by atoms with Gasteiger partial charge in [-0.05, 0) is 37.1 Å². The number of hydrogen-bond acceptors (Lipinski definition) is 4. The SMILES string of the molecule is O=C(Nc1ccc(F)cc1)[C@@H]1[C@@H](C(=O)[O-])[C@H]2CC[C@@H]1O2. The number of carbonyl (C=O) groups excluding carboxylic acids is 2. The van der Waals surface area contributed by atoms with Gasteiger partial charge in [0.05, 0.1) is 18.1 Å². The summed E-state index contributed by atoms with van der Waals surface area (Å²) in [4.78, 5) is 23.4. The van der Waals surface area contributed by atoms with E-state index in [2.05, 4.69) is 5.32 Å². The highest BCUT2D eigenvalue weighted by Crippen LogP contribution is 2.43. The average Bonchev–Trinajstić information content (AvgIpc) is 3.01. The molecular formula is C14H13FNO4-. The highest BCUT2D eigenvalue weighted by Gasteiger charge is 2.52. The Kier molecular flexibility index (Phi) is 3.17. The fourth-order valence-corrected chi connectivity index (χ4v) is 3.07. The minimum atomic E-state index is -1.25. The van der Waals surface area contributed by atoms with Crippen molar-refractivity contribution in [1.29, 1.82) is 0 Å². The first-order chi connectivity index (χ1) is 9.56. The Labute approximate surface area is 114 Å². The summed E-state index contributed by atoms with van der Waals surface area (Å²) in [6.07, 6.45) is 0.511. The number of ether oxygens (including phenoxy) is 1. The van der Waals surface area contributed by atoms with Gasteiger partial charge in [-0.2, -0.15) is 0 Å². The number of nitrogens with one attached hydrogen (secondary N) is 1. The molecule has 20 heavy (non-hydrogen) atoms. The summed E-state index contributed by atoms with van der Waals surface area (Å²) in [5, 5.41) is 13.8. The van der Waals surface area contributed by atoms with E-state index >= 15 is 0 Å². The molecule has 2 aliphatic heterocycles. The third-order valence-corrected chi connectivity index (χ3v) is 3.96. The first-order valence-corrected chi connectivity index (χ1v) is 6.49. The van der Waals surface area contributed by atoms with Gasteiger partial charge in [0.25, 0.3) is 0 Å². The summed E-state index contributed by atoms with van der Waals surface area (Å²) in [7, 11) is 0. The number of carboxylic acid groups (broad SMARTS) is 1. The van der Waals surface area contributed by atoms with Crippen LogP contribution in [-0.2, 0) is 14.3 Å². The smallest absolute Gasteiger partial charge is 0.230 e. The first kappa shape index (κ1) is 13.1. The van der Waals surface area contributed by atoms with Crippen LogP contribution in [-0.4, -0.2) is 24.1 Å². The van der Waals surface area contributed by atoms with Crippen molar-refractivity contribution < 1.29 is 23.8 Å². The lowest BCUT2D eigenvalue weighted by molar-refractivity contribution is -0.313. The van der Waals surface area contributed by atoms with Crippen LogP contribution in [0, 0.1) is 17.7 Å². The number of amides is 1. The molecule has 0 saturated carbocycles. The summed E-state index contributed by atoms with van der Waals surface area (Å²) in [6.45, 7) is 0. The summed E-state index contributed by atoms with van der Waals surface area (Å²) in [5.74, 6) is -3.73. The van der Waals surface area contributed by atoms with Crippen LogP contribution in [0.25, 0.3) is 0 Å². The Morgan fingerprint density at radius 2 is 1.75 bits per heavy atom. The Balaban J connectivity index is 1.76. The molecular weight excluding hydrogens is 265 g/mol. The lowest BCUT2D eigenvalue weighted by Gasteiger charge is -2.27. The second-order valence-electron chi connectivity index (χ2n) is 5.16. The molecule has 3 rings (SSSR count). The number of benzene rings is 1. The average molecular weight is 278 g/mol. The van der Waals surface area contributed by atoms with E-state index in [1.165, 1.54) is 24.3 Å². The number of anilines is 1. The van der Waals surface area contributed by atoms with E-state index in [-0.39, 0.29) is 6.10 Å².